The second-order valence-electron chi connectivity index (χ2n) is 6.73. The van der Waals surface area contributed by atoms with Crippen molar-refractivity contribution in [2.45, 2.75) is 26.1 Å². The molecule has 0 bridgehead atoms. The number of nitrogens with one attached hydrogen (secondary N) is 1. The van der Waals surface area contributed by atoms with E-state index < -0.39 is 29.2 Å². The highest BCUT2D eigenvalue weighted by molar-refractivity contribution is 6.33. The summed E-state index contributed by atoms with van der Waals surface area (Å²) in [5, 5.41) is 6.53. The van der Waals surface area contributed by atoms with E-state index in [1.54, 1.807) is 0 Å². The number of halogens is 4. The lowest BCUT2D eigenvalue weighted by molar-refractivity contribution is -0.137. The molecule has 1 atom stereocenters. The van der Waals surface area contributed by atoms with E-state index in [0.29, 0.717) is 5.69 Å². The Labute approximate surface area is 175 Å². The number of nitrogens with zero attached hydrogens (tertiary/aromatic N) is 2. The van der Waals surface area contributed by atoms with Crippen LogP contribution >= 0.6 is 11.6 Å². The molecule has 0 aliphatic heterocycles. The van der Waals surface area contributed by atoms with Crippen molar-refractivity contribution in [3.8, 4) is 11.3 Å². The Morgan fingerprint density at radius 3 is 2.40 bits per heavy atom. The number of anilines is 1. The molecule has 0 saturated heterocycles. The number of amides is 1. The molecule has 9 heteroatoms. The van der Waals surface area contributed by atoms with Gasteiger partial charge < -0.3 is 5.32 Å². The maximum absolute atomic E-state index is 12.9. The van der Waals surface area contributed by atoms with Crippen LogP contribution in [0.1, 0.15) is 24.1 Å². The minimum absolute atomic E-state index is 0.0581. The molecule has 0 fully saturated rings. The topological polar surface area (TPSA) is 64.0 Å². The van der Waals surface area contributed by atoms with Crippen LogP contribution in [0.15, 0.2) is 59.4 Å². The SMILES string of the molecule is Cc1ccc(-c2ccc(=O)n(C(C)C(=O)Nc3cc(C(F)(F)F)ccc3Cl)n2)cc1. The molecule has 1 unspecified atom stereocenters. The lowest BCUT2D eigenvalue weighted by atomic mass is 10.1. The number of carbonyl (C=O) groups excluding carboxylic acids is 1. The van der Waals surface area contributed by atoms with Crippen LogP contribution in [0.5, 0.6) is 0 Å². The van der Waals surface area contributed by atoms with Crippen LogP contribution in [0, 0.1) is 6.92 Å². The summed E-state index contributed by atoms with van der Waals surface area (Å²) in [6, 6.07) is 11.8. The zero-order chi connectivity index (χ0) is 22.1. The Kier molecular flexibility index (Phi) is 5.98. The Balaban J connectivity index is 1.89. The number of carbonyl (C=O) groups is 1. The largest absolute Gasteiger partial charge is 0.416 e. The van der Waals surface area contributed by atoms with Crippen LogP contribution in [0.2, 0.25) is 5.02 Å². The van der Waals surface area contributed by atoms with Gasteiger partial charge in [-0.3, -0.25) is 9.59 Å². The van der Waals surface area contributed by atoms with E-state index in [0.717, 1.165) is 34.0 Å². The van der Waals surface area contributed by atoms with Gasteiger partial charge in [0, 0.05) is 11.6 Å². The lowest BCUT2D eigenvalue weighted by Gasteiger charge is -2.16. The van der Waals surface area contributed by atoms with Crippen molar-refractivity contribution in [1.82, 2.24) is 9.78 Å². The first-order chi connectivity index (χ1) is 14.1. The van der Waals surface area contributed by atoms with Crippen molar-refractivity contribution in [2.75, 3.05) is 5.32 Å². The van der Waals surface area contributed by atoms with Crippen LogP contribution in [-0.2, 0) is 11.0 Å². The molecule has 30 heavy (non-hydrogen) atoms. The van der Waals surface area contributed by atoms with Gasteiger partial charge in [0.15, 0.2) is 0 Å². The predicted molar refractivity (Wildman–Crippen MR) is 108 cm³/mol. The van der Waals surface area contributed by atoms with Gasteiger partial charge in [-0.15, -0.1) is 0 Å². The third kappa shape index (κ3) is 4.71. The summed E-state index contributed by atoms with van der Waals surface area (Å²) in [5.41, 5.74) is 0.605. The van der Waals surface area contributed by atoms with Gasteiger partial charge in [0.2, 0.25) is 5.91 Å². The number of aryl methyl sites for hydroxylation is 1. The molecule has 2 aromatic carbocycles. The minimum Gasteiger partial charge on any atom is -0.323 e. The number of hydrogen-bond donors (Lipinski definition) is 1. The first-order valence-corrected chi connectivity index (χ1v) is 9.28. The molecular formula is C21H17ClF3N3O2. The van der Waals surface area contributed by atoms with Gasteiger partial charge in [0.25, 0.3) is 5.56 Å². The van der Waals surface area contributed by atoms with Gasteiger partial charge in [0.05, 0.1) is 22.0 Å². The molecule has 0 radical (unpaired) electrons. The molecule has 1 N–H and O–H groups in total. The molecule has 1 aromatic heterocycles. The van der Waals surface area contributed by atoms with Gasteiger partial charge >= 0.3 is 6.18 Å². The smallest absolute Gasteiger partial charge is 0.323 e. The Morgan fingerprint density at radius 1 is 1.10 bits per heavy atom. The summed E-state index contributed by atoms with van der Waals surface area (Å²) in [5.74, 6) is -0.730. The van der Waals surface area contributed by atoms with Gasteiger partial charge in [0.1, 0.15) is 6.04 Å². The first-order valence-electron chi connectivity index (χ1n) is 8.91. The van der Waals surface area contributed by atoms with Crippen LogP contribution in [0.25, 0.3) is 11.3 Å². The Morgan fingerprint density at radius 2 is 1.77 bits per heavy atom. The molecule has 0 saturated carbocycles. The third-order valence-corrected chi connectivity index (χ3v) is 4.80. The maximum Gasteiger partial charge on any atom is 0.416 e. The number of rotatable bonds is 4. The molecule has 3 rings (SSSR count). The van der Waals surface area contributed by atoms with E-state index >= 15 is 0 Å². The van der Waals surface area contributed by atoms with E-state index in [2.05, 4.69) is 10.4 Å². The van der Waals surface area contributed by atoms with E-state index in [4.69, 9.17) is 11.6 Å². The van der Waals surface area contributed by atoms with Crippen LogP contribution < -0.4 is 10.9 Å². The standard InChI is InChI=1S/C21H17ClF3N3O2/c1-12-3-5-14(6-4-12)17-9-10-19(29)28(27-17)13(2)20(30)26-18-11-15(21(23,24)25)7-8-16(18)22/h3-11,13H,1-2H3,(H,26,30). The van der Waals surface area contributed by atoms with Crippen LogP contribution in [0.3, 0.4) is 0 Å². The summed E-state index contributed by atoms with van der Waals surface area (Å²) < 4.78 is 39.8. The molecule has 0 spiro atoms. The highest BCUT2D eigenvalue weighted by Crippen LogP contribution is 2.34. The summed E-state index contributed by atoms with van der Waals surface area (Å²) in [6.07, 6.45) is -4.59. The fourth-order valence-electron chi connectivity index (χ4n) is 2.73. The quantitative estimate of drug-likeness (QED) is 0.620. The number of alkyl halides is 3. The monoisotopic (exact) mass is 435 g/mol. The van der Waals surface area contributed by atoms with Gasteiger partial charge in [-0.1, -0.05) is 41.4 Å². The molecular weight excluding hydrogens is 419 g/mol. The fourth-order valence-corrected chi connectivity index (χ4v) is 2.89. The van der Waals surface area contributed by atoms with Gasteiger partial charge in [-0.25, -0.2) is 4.68 Å². The highest BCUT2D eigenvalue weighted by atomic mass is 35.5. The maximum atomic E-state index is 12.9. The average Bonchev–Trinajstić information content (AvgIpc) is 2.69. The number of benzene rings is 2. The van der Waals surface area contributed by atoms with Crippen molar-refractivity contribution in [1.29, 1.82) is 0 Å². The zero-order valence-electron chi connectivity index (χ0n) is 16.0. The zero-order valence-corrected chi connectivity index (χ0v) is 16.8. The number of aromatic nitrogens is 2. The lowest BCUT2D eigenvalue weighted by Crippen LogP contribution is -2.33. The predicted octanol–water partition coefficient (Wildman–Crippen LogP) is 5.09. The van der Waals surface area contributed by atoms with Crippen LogP contribution in [-0.4, -0.2) is 15.7 Å². The van der Waals surface area contributed by atoms with E-state index in [9.17, 15) is 22.8 Å². The van der Waals surface area contributed by atoms with E-state index in [1.165, 1.54) is 19.1 Å². The van der Waals surface area contributed by atoms with Crippen molar-refractivity contribution in [2.24, 2.45) is 0 Å². The highest BCUT2D eigenvalue weighted by Gasteiger charge is 2.31. The second-order valence-corrected chi connectivity index (χ2v) is 7.13. The van der Waals surface area contributed by atoms with Gasteiger partial charge in [-0.05, 0) is 38.1 Å². The molecule has 0 aliphatic rings. The molecule has 3 aromatic rings. The van der Waals surface area contributed by atoms with Gasteiger partial charge in [-0.2, -0.15) is 18.3 Å². The third-order valence-electron chi connectivity index (χ3n) is 4.47. The molecule has 5 nitrogen and oxygen atoms in total. The first kappa shape index (κ1) is 21.6. The summed E-state index contributed by atoms with van der Waals surface area (Å²) in [7, 11) is 0. The average molecular weight is 436 g/mol. The summed E-state index contributed by atoms with van der Waals surface area (Å²) >= 11 is 5.92. The van der Waals surface area contributed by atoms with Crippen molar-refractivity contribution in [3.05, 3.63) is 81.1 Å². The Bertz CT molecular complexity index is 1140. The molecule has 0 aliphatic carbocycles. The fraction of sp³-hybridized carbons (Fsp3) is 0.190. The van der Waals surface area contributed by atoms with Crippen LogP contribution in [0.4, 0.5) is 18.9 Å². The summed E-state index contributed by atoms with van der Waals surface area (Å²) in [4.78, 5) is 24.9. The minimum atomic E-state index is -4.59. The molecule has 156 valence electrons. The van der Waals surface area contributed by atoms with E-state index in [-0.39, 0.29) is 10.7 Å². The normalized spacial score (nSPS) is 12.5. The van der Waals surface area contributed by atoms with Crippen molar-refractivity contribution >= 4 is 23.2 Å². The summed E-state index contributed by atoms with van der Waals surface area (Å²) in [6.45, 7) is 3.35. The van der Waals surface area contributed by atoms with Crippen molar-refractivity contribution in [3.63, 3.8) is 0 Å². The number of hydrogen-bond acceptors (Lipinski definition) is 3. The van der Waals surface area contributed by atoms with Crippen molar-refractivity contribution < 1.29 is 18.0 Å². The Hall–Kier alpha value is -3.13. The molecule has 1 amide bonds. The van der Waals surface area contributed by atoms with E-state index in [1.807, 2.05) is 31.2 Å². The second kappa shape index (κ2) is 8.31. The molecule has 1 heterocycles.